The lowest BCUT2D eigenvalue weighted by molar-refractivity contribution is -0.134. The van der Waals surface area contributed by atoms with Gasteiger partial charge in [-0.15, -0.1) is 0 Å². The highest BCUT2D eigenvalue weighted by Gasteiger charge is 2.29. The molecule has 0 bridgehead atoms. The van der Waals surface area contributed by atoms with Crippen molar-refractivity contribution in [3.8, 4) is 0 Å². The maximum absolute atomic E-state index is 12.0. The summed E-state index contributed by atoms with van der Waals surface area (Å²) in [6.07, 6.45) is 6.13. The molecule has 2 N–H and O–H groups in total. The van der Waals surface area contributed by atoms with Crippen LogP contribution in [-0.4, -0.2) is 44.2 Å². The molecule has 4 nitrogen and oxygen atoms in total. The SMILES string of the molecule is COCCCC(=O)N(C)C1CCCCC1CN. The molecule has 0 aliphatic heterocycles. The number of methoxy groups -OCH3 is 1. The Morgan fingerprint density at radius 3 is 2.76 bits per heavy atom. The lowest BCUT2D eigenvalue weighted by Gasteiger charge is -2.37. The van der Waals surface area contributed by atoms with Crippen molar-refractivity contribution in [3.63, 3.8) is 0 Å². The van der Waals surface area contributed by atoms with Crippen molar-refractivity contribution in [2.24, 2.45) is 11.7 Å². The van der Waals surface area contributed by atoms with Crippen molar-refractivity contribution in [2.75, 3.05) is 27.3 Å². The van der Waals surface area contributed by atoms with Gasteiger partial charge in [-0.1, -0.05) is 12.8 Å². The summed E-state index contributed by atoms with van der Waals surface area (Å²) in [6.45, 7) is 1.35. The molecule has 0 saturated heterocycles. The van der Waals surface area contributed by atoms with Gasteiger partial charge in [0, 0.05) is 33.2 Å². The fourth-order valence-electron chi connectivity index (χ4n) is 2.70. The molecule has 0 heterocycles. The average molecular weight is 242 g/mol. The largest absolute Gasteiger partial charge is 0.385 e. The van der Waals surface area contributed by atoms with E-state index < -0.39 is 0 Å². The second-order valence-electron chi connectivity index (χ2n) is 4.95. The molecule has 0 spiro atoms. The van der Waals surface area contributed by atoms with Gasteiger partial charge in [0.2, 0.25) is 5.91 Å². The minimum atomic E-state index is 0.229. The first-order chi connectivity index (χ1) is 8.20. The van der Waals surface area contributed by atoms with Crippen LogP contribution >= 0.6 is 0 Å². The van der Waals surface area contributed by atoms with Gasteiger partial charge in [0.05, 0.1) is 0 Å². The minimum absolute atomic E-state index is 0.229. The van der Waals surface area contributed by atoms with Crippen LogP contribution in [0.4, 0.5) is 0 Å². The van der Waals surface area contributed by atoms with E-state index >= 15 is 0 Å². The van der Waals surface area contributed by atoms with Gasteiger partial charge >= 0.3 is 0 Å². The smallest absolute Gasteiger partial charge is 0.222 e. The Labute approximate surface area is 104 Å². The highest BCUT2D eigenvalue weighted by Crippen LogP contribution is 2.27. The number of carbonyl (C=O) groups excluding carboxylic acids is 1. The highest BCUT2D eigenvalue weighted by molar-refractivity contribution is 5.76. The van der Waals surface area contributed by atoms with Crippen LogP contribution in [0, 0.1) is 5.92 Å². The maximum atomic E-state index is 12.0. The minimum Gasteiger partial charge on any atom is -0.385 e. The molecule has 1 aliphatic carbocycles. The van der Waals surface area contributed by atoms with Gasteiger partial charge in [-0.25, -0.2) is 0 Å². The van der Waals surface area contributed by atoms with Crippen molar-refractivity contribution in [2.45, 2.75) is 44.6 Å². The first-order valence-corrected chi connectivity index (χ1v) is 6.65. The van der Waals surface area contributed by atoms with E-state index in [1.165, 1.54) is 12.8 Å². The Hall–Kier alpha value is -0.610. The zero-order valence-electron chi connectivity index (χ0n) is 11.2. The second-order valence-corrected chi connectivity index (χ2v) is 4.95. The number of carbonyl (C=O) groups is 1. The summed E-state index contributed by atoms with van der Waals surface area (Å²) >= 11 is 0. The highest BCUT2D eigenvalue weighted by atomic mass is 16.5. The zero-order valence-corrected chi connectivity index (χ0v) is 11.2. The summed E-state index contributed by atoms with van der Waals surface area (Å²) in [5.74, 6) is 0.715. The Kier molecular flexibility index (Phi) is 6.52. The number of hydrogen-bond acceptors (Lipinski definition) is 3. The summed E-state index contributed by atoms with van der Waals surface area (Å²) in [4.78, 5) is 13.9. The van der Waals surface area contributed by atoms with Gasteiger partial charge in [-0.3, -0.25) is 4.79 Å². The predicted molar refractivity (Wildman–Crippen MR) is 68.7 cm³/mol. The summed E-state index contributed by atoms with van der Waals surface area (Å²) in [6, 6.07) is 0.351. The molecule has 4 heteroatoms. The lowest BCUT2D eigenvalue weighted by atomic mass is 9.83. The fraction of sp³-hybridized carbons (Fsp3) is 0.923. The van der Waals surface area contributed by atoms with E-state index in [1.54, 1.807) is 7.11 Å². The molecular weight excluding hydrogens is 216 g/mol. The number of amides is 1. The van der Waals surface area contributed by atoms with Crippen LogP contribution in [-0.2, 0) is 9.53 Å². The van der Waals surface area contributed by atoms with Gasteiger partial charge in [0.1, 0.15) is 0 Å². The first kappa shape index (κ1) is 14.5. The number of ether oxygens (including phenoxy) is 1. The van der Waals surface area contributed by atoms with Gasteiger partial charge in [-0.2, -0.15) is 0 Å². The van der Waals surface area contributed by atoms with Crippen LogP contribution in [0.25, 0.3) is 0 Å². The molecule has 0 aromatic rings. The zero-order chi connectivity index (χ0) is 12.7. The van der Waals surface area contributed by atoms with E-state index in [2.05, 4.69) is 0 Å². The number of rotatable bonds is 6. The van der Waals surface area contributed by atoms with Crippen LogP contribution in [0.5, 0.6) is 0 Å². The fourth-order valence-corrected chi connectivity index (χ4v) is 2.70. The first-order valence-electron chi connectivity index (χ1n) is 6.65. The van der Waals surface area contributed by atoms with Crippen LogP contribution in [0.2, 0.25) is 0 Å². The third kappa shape index (κ3) is 4.28. The summed E-state index contributed by atoms with van der Waals surface area (Å²) < 4.78 is 4.97. The topological polar surface area (TPSA) is 55.6 Å². The maximum Gasteiger partial charge on any atom is 0.222 e. The predicted octanol–water partition coefficient (Wildman–Crippen LogP) is 1.39. The Bertz CT molecular complexity index is 233. The lowest BCUT2D eigenvalue weighted by Crippen LogP contribution is -2.45. The molecule has 1 amide bonds. The van der Waals surface area contributed by atoms with Crippen molar-refractivity contribution < 1.29 is 9.53 Å². The monoisotopic (exact) mass is 242 g/mol. The van der Waals surface area contributed by atoms with Gasteiger partial charge in [-0.05, 0) is 31.7 Å². The Balaban J connectivity index is 2.42. The summed E-state index contributed by atoms with van der Waals surface area (Å²) in [5, 5.41) is 0. The third-order valence-corrected chi connectivity index (χ3v) is 3.80. The van der Waals surface area contributed by atoms with Gasteiger partial charge < -0.3 is 15.4 Å². The summed E-state index contributed by atoms with van der Waals surface area (Å²) in [7, 11) is 3.59. The van der Waals surface area contributed by atoms with E-state index in [0.29, 0.717) is 31.5 Å². The van der Waals surface area contributed by atoms with Gasteiger partial charge in [0.15, 0.2) is 0 Å². The van der Waals surface area contributed by atoms with Crippen molar-refractivity contribution in [3.05, 3.63) is 0 Å². The Morgan fingerprint density at radius 1 is 1.41 bits per heavy atom. The van der Waals surface area contributed by atoms with E-state index in [0.717, 1.165) is 19.3 Å². The molecule has 1 rings (SSSR count). The average Bonchev–Trinajstić information content (AvgIpc) is 2.38. The molecule has 2 atom stereocenters. The quantitative estimate of drug-likeness (QED) is 0.716. The molecule has 1 saturated carbocycles. The molecule has 0 radical (unpaired) electrons. The molecule has 0 aromatic carbocycles. The normalized spacial score (nSPS) is 24.6. The second kappa shape index (κ2) is 7.67. The molecule has 1 fully saturated rings. The molecule has 1 aliphatic rings. The van der Waals surface area contributed by atoms with Crippen LogP contribution in [0.3, 0.4) is 0 Å². The van der Waals surface area contributed by atoms with Crippen LogP contribution in [0.1, 0.15) is 38.5 Å². The van der Waals surface area contributed by atoms with E-state index in [9.17, 15) is 4.79 Å². The molecule has 2 unspecified atom stereocenters. The van der Waals surface area contributed by atoms with E-state index in [-0.39, 0.29) is 5.91 Å². The molecule has 17 heavy (non-hydrogen) atoms. The summed E-state index contributed by atoms with van der Waals surface area (Å²) in [5.41, 5.74) is 5.80. The van der Waals surface area contributed by atoms with Crippen LogP contribution in [0.15, 0.2) is 0 Å². The number of nitrogens with two attached hydrogens (primary N) is 1. The van der Waals surface area contributed by atoms with Crippen molar-refractivity contribution in [1.29, 1.82) is 0 Å². The number of hydrogen-bond donors (Lipinski definition) is 1. The van der Waals surface area contributed by atoms with E-state index in [1.807, 2.05) is 11.9 Å². The van der Waals surface area contributed by atoms with Crippen LogP contribution < -0.4 is 5.73 Å². The van der Waals surface area contributed by atoms with Crippen molar-refractivity contribution in [1.82, 2.24) is 4.90 Å². The third-order valence-electron chi connectivity index (χ3n) is 3.80. The number of nitrogens with zero attached hydrogens (tertiary/aromatic N) is 1. The molecule has 100 valence electrons. The van der Waals surface area contributed by atoms with E-state index in [4.69, 9.17) is 10.5 Å². The standard InChI is InChI=1S/C13H26N2O2/c1-15(13(16)8-5-9-17-2)12-7-4-3-6-11(12)10-14/h11-12H,3-10,14H2,1-2H3. The Morgan fingerprint density at radius 2 is 2.12 bits per heavy atom. The van der Waals surface area contributed by atoms with Crippen molar-refractivity contribution >= 4 is 5.91 Å². The van der Waals surface area contributed by atoms with Gasteiger partial charge in [0.25, 0.3) is 0 Å². The molecular formula is C13H26N2O2. The molecule has 0 aromatic heterocycles.